The summed E-state index contributed by atoms with van der Waals surface area (Å²) in [6, 6.07) is 9.37. The molecule has 2 aromatic heterocycles. The summed E-state index contributed by atoms with van der Waals surface area (Å²) in [5, 5.41) is 19.5. The highest BCUT2D eigenvalue weighted by atomic mass is 19.4. The average molecular weight is 701 g/mol. The van der Waals surface area contributed by atoms with Gasteiger partial charge in [0.25, 0.3) is 5.91 Å². The summed E-state index contributed by atoms with van der Waals surface area (Å²) in [5.74, 6) is -3.17. The van der Waals surface area contributed by atoms with E-state index >= 15 is 0 Å². The highest BCUT2D eigenvalue weighted by Gasteiger charge is 2.36. The lowest BCUT2D eigenvalue weighted by atomic mass is 10.1. The number of alkyl halides is 6. The maximum atomic E-state index is 13.9. The van der Waals surface area contributed by atoms with Crippen LogP contribution in [0.5, 0.6) is 0 Å². The molecule has 0 bridgehead atoms. The van der Waals surface area contributed by atoms with Crippen LogP contribution in [0.2, 0.25) is 0 Å². The summed E-state index contributed by atoms with van der Waals surface area (Å²) < 4.78 is 104. The van der Waals surface area contributed by atoms with E-state index in [0.29, 0.717) is 29.7 Å². The van der Waals surface area contributed by atoms with Crippen LogP contribution in [0.15, 0.2) is 48.5 Å². The molecule has 0 unspecified atom stereocenters. The zero-order chi connectivity index (χ0) is 36.3. The number of amides is 1. The summed E-state index contributed by atoms with van der Waals surface area (Å²) in [5.41, 5.74) is 4.42. The molecule has 0 radical (unpaired) electrons. The van der Waals surface area contributed by atoms with Gasteiger partial charge < -0.3 is 16.2 Å². The van der Waals surface area contributed by atoms with Crippen molar-refractivity contribution >= 4 is 11.9 Å². The van der Waals surface area contributed by atoms with Crippen LogP contribution in [-0.2, 0) is 39.5 Å². The van der Waals surface area contributed by atoms with Gasteiger partial charge in [-0.1, -0.05) is 24.3 Å². The monoisotopic (exact) mass is 700 g/mol. The van der Waals surface area contributed by atoms with Gasteiger partial charge in [-0.05, 0) is 49.9 Å². The maximum absolute atomic E-state index is 13.9. The quantitative estimate of drug-likeness (QED) is 0.185. The number of aromatic carboxylic acids is 1. The van der Waals surface area contributed by atoms with Crippen molar-refractivity contribution in [1.29, 1.82) is 0 Å². The van der Waals surface area contributed by atoms with Gasteiger partial charge in [0.2, 0.25) is 0 Å². The number of benzene rings is 2. The van der Waals surface area contributed by atoms with E-state index in [0.717, 1.165) is 49.2 Å². The van der Waals surface area contributed by atoms with Crippen LogP contribution in [0, 0.1) is 11.6 Å². The molecule has 0 atom stereocenters. The molecule has 0 aliphatic heterocycles. The topological polar surface area (TPSA) is 128 Å². The third-order valence-electron chi connectivity index (χ3n) is 7.67. The molecule has 2 aromatic carbocycles. The van der Waals surface area contributed by atoms with Crippen LogP contribution in [0.3, 0.4) is 0 Å². The molecule has 2 aliphatic carbocycles. The van der Waals surface area contributed by atoms with Crippen molar-refractivity contribution in [2.24, 2.45) is 19.8 Å². The first-order valence-corrected chi connectivity index (χ1v) is 14.9. The minimum Gasteiger partial charge on any atom is -0.477 e. The van der Waals surface area contributed by atoms with Gasteiger partial charge in [0.15, 0.2) is 0 Å². The van der Waals surface area contributed by atoms with E-state index in [4.69, 9.17) is 10.8 Å². The number of hydrogen-bond donors (Lipinski definition) is 3. The van der Waals surface area contributed by atoms with E-state index in [9.17, 15) is 44.7 Å². The van der Waals surface area contributed by atoms with Crippen LogP contribution in [0.4, 0.5) is 35.1 Å². The van der Waals surface area contributed by atoms with E-state index in [1.165, 1.54) is 21.5 Å². The molecular weight excluding hydrogens is 668 g/mol. The number of aryl methyl sites for hydroxylation is 2. The molecule has 2 aliphatic rings. The summed E-state index contributed by atoms with van der Waals surface area (Å²) in [4.78, 5) is 22.8. The molecule has 2 fully saturated rings. The first-order valence-electron chi connectivity index (χ1n) is 14.9. The first kappa shape index (κ1) is 37.0. The Labute approximate surface area is 274 Å². The lowest BCUT2D eigenvalue weighted by Crippen LogP contribution is -2.26. The summed E-state index contributed by atoms with van der Waals surface area (Å²) in [6.45, 7) is -0.575. The molecule has 0 saturated heterocycles. The van der Waals surface area contributed by atoms with Crippen LogP contribution in [-0.4, -0.2) is 36.5 Å². The zero-order valence-electron chi connectivity index (χ0n) is 26.2. The molecule has 0 spiro atoms. The zero-order valence-corrected chi connectivity index (χ0v) is 26.2. The van der Waals surface area contributed by atoms with Crippen molar-refractivity contribution < 1.29 is 49.8 Å². The number of nitrogens with one attached hydrogen (secondary N) is 1. The van der Waals surface area contributed by atoms with Gasteiger partial charge in [-0.3, -0.25) is 14.2 Å². The lowest BCUT2D eigenvalue weighted by Gasteiger charge is -2.11. The molecule has 4 N–H and O–H groups in total. The molecule has 2 saturated carbocycles. The van der Waals surface area contributed by atoms with Gasteiger partial charge in [-0.25, -0.2) is 13.6 Å². The fraction of sp³-hybridized carbons (Fsp3) is 0.375. The second kappa shape index (κ2) is 14.8. The second-order valence-electron chi connectivity index (χ2n) is 11.4. The molecule has 17 heteroatoms. The van der Waals surface area contributed by atoms with Crippen LogP contribution in [0.25, 0.3) is 0 Å². The largest absolute Gasteiger partial charge is 0.477 e. The molecule has 1 amide bonds. The molecule has 6 rings (SSSR count). The van der Waals surface area contributed by atoms with Crippen LogP contribution >= 0.6 is 0 Å². The Morgan fingerprint density at radius 2 is 1.22 bits per heavy atom. The Morgan fingerprint density at radius 3 is 1.63 bits per heavy atom. The Hall–Kier alpha value is -4.80. The van der Waals surface area contributed by atoms with Crippen molar-refractivity contribution in [3.8, 4) is 0 Å². The molecule has 2 heterocycles. The second-order valence-corrected chi connectivity index (χ2v) is 11.4. The number of carbonyl (C=O) groups is 2. The number of nitrogens with zero attached hydrogens (tertiary/aromatic N) is 4. The van der Waals surface area contributed by atoms with Crippen molar-refractivity contribution in [2.75, 3.05) is 0 Å². The number of aromatic nitrogens is 4. The minimum atomic E-state index is -4.77. The van der Waals surface area contributed by atoms with Crippen molar-refractivity contribution in [2.45, 2.75) is 63.0 Å². The number of carboxylic acid groups (broad SMARTS) is 1. The van der Waals surface area contributed by atoms with Gasteiger partial charge in [-0.2, -0.15) is 36.5 Å². The van der Waals surface area contributed by atoms with Gasteiger partial charge in [0.05, 0.1) is 22.5 Å². The summed E-state index contributed by atoms with van der Waals surface area (Å²) >= 11 is 0. The third-order valence-corrected chi connectivity index (χ3v) is 7.67. The number of nitrogens with two attached hydrogens (primary N) is 1. The molecule has 4 aromatic rings. The highest BCUT2D eigenvalue weighted by molar-refractivity contribution is 5.92. The van der Waals surface area contributed by atoms with Gasteiger partial charge in [0, 0.05) is 50.1 Å². The predicted octanol–water partition coefficient (Wildman–Crippen LogP) is 6.68. The Kier molecular flexibility index (Phi) is 11.2. The standard InChI is InChI=1S/C16H15F4N3O.C8H7F4N.C8H10N2O2/c1-23-13(7-12(22-23)9-5-6-9)15(24)21-8-10-3-2-4-11(14(10)17)16(18,19)20;9-7-5(4-13)2-1-3-6(7)8(10,11)12;1-10-7(8(11)12)4-6(9-10)5-2-3-5/h2-4,7,9H,5-6,8H2,1H3,(H,21,24);1-3H,4,13H2;4-5H,2-3H2,1H3,(H,11,12). The number of halogens is 8. The maximum Gasteiger partial charge on any atom is 0.419 e. The highest BCUT2D eigenvalue weighted by Crippen LogP contribution is 2.40. The SMILES string of the molecule is Cn1nc(C2CC2)cc1C(=O)NCc1cccc(C(F)(F)F)c1F.Cn1nc(C2CC2)cc1C(=O)O.NCc1cccc(C(F)(F)F)c1F. The number of rotatable bonds is 7. The van der Waals surface area contributed by atoms with Crippen molar-refractivity contribution in [1.82, 2.24) is 24.9 Å². The van der Waals surface area contributed by atoms with Gasteiger partial charge in [0.1, 0.15) is 23.0 Å². The van der Waals surface area contributed by atoms with E-state index in [-0.39, 0.29) is 29.9 Å². The smallest absolute Gasteiger partial charge is 0.419 e. The fourth-order valence-electron chi connectivity index (χ4n) is 4.71. The Morgan fingerprint density at radius 1 is 0.796 bits per heavy atom. The average Bonchev–Trinajstić information content (AvgIpc) is 3.96. The van der Waals surface area contributed by atoms with Gasteiger partial charge in [-0.15, -0.1) is 0 Å². The molecular formula is C32H32F8N6O3. The van der Waals surface area contributed by atoms with E-state index in [2.05, 4.69) is 15.5 Å². The van der Waals surface area contributed by atoms with Crippen molar-refractivity contribution in [3.63, 3.8) is 0 Å². The molecule has 49 heavy (non-hydrogen) atoms. The summed E-state index contributed by atoms with van der Waals surface area (Å²) in [6.07, 6.45) is -5.06. The van der Waals surface area contributed by atoms with E-state index in [1.807, 2.05) is 0 Å². The summed E-state index contributed by atoms with van der Waals surface area (Å²) in [7, 11) is 3.28. The molecule has 9 nitrogen and oxygen atoms in total. The fourth-order valence-corrected chi connectivity index (χ4v) is 4.71. The predicted molar refractivity (Wildman–Crippen MR) is 159 cm³/mol. The normalized spacial score (nSPS) is 14.3. The van der Waals surface area contributed by atoms with E-state index < -0.39 is 47.0 Å². The number of carboxylic acids is 1. The Balaban J connectivity index is 0.000000182. The Bertz CT molecular complexity index is 1810. The van der Waals surface area contributed by atoms with Crippen molar-refractivity contribution in [3.05, 3.63) is 105 Å². The van der Waals surface area contributed by atoms with Gasteiger partial charge >= 0.3 is 18.3 Å². The minimum absolute atomic E-state index is 0.130. The number of carbonyl (C=O) groups excluding carboxylic acids is 1. The van der Waals surface area contributed by atoms with E-state index in [1.54, 1.807) is 26.2 Å². The molecule has 264 valence electrons. The third kappa shape index (κ3) is 9.43. The lowest BCUT2D eigenvalue weighted by molar-refractivity contribution is -0.140. The number of hydrogen-bond acceptors (Lipinski definition) is 5. The first-order chi connectivity index (χ1) is 22.9. The van der Waals surface area contributed by atoms with Crippen LogP contribution in [0.1, 0.15) is 92.1 Å². The van der Waals surface area contributed by atoms with Crippen LogP contribution < -0.4 is 11.1 Å².